The van der Waals surface area contributed by atoms with Crippen LogP contribution >= 0.6 is 11.6 Å². The first-order valence-corrected chi connectivity index (χ1v) is 8.31. The number of ether oxygens (including phenoxy) is 3. The molecule has 0 unspecified atom stereocenters. The molecule has 2 aromatic carbocycles. The number of carbonyl (C=O) groups excluding carboxylic acids is 2. The Morgan fingerprint density at radius 2 is 1.77 bits per heavy atom. The van der Waals surface area contributed by atoms with Crippen molar-refractivity contribution in [1.82, 2.24) is 5.32 Å². The normalized spacial score (nSPS) is 10.1. The molecular formula is C19H20ClNO5. The Kier molecular flexibility index (Phi) is 7.29. The van der Waals surface area contributed by atoms with E-state index in [0.717, 1.165) is 0 Å². The molecule has 0 radical (unpaired) electrons. The topological polar surface area (TPSA) is 73.9 Å². The van der Waals surface area contributed by atoms with Gasteiger partial charge >= 0.3 is 5.97 Å². The highest BCUT2D eigenvalue weighted by Gasteiger charge is 2.10. The number of amides is 1. The van der Waals surface area contributed by atoms with Crippen molar-refractivity contribution in [2.24, 2.45) is 0 Å². The zero-order chi connectivity index (χ0) is 18.9. The molecule has 0 saturated heterocycles. The summed E-state index contributed by atoms with van der Waals surface area (Å²) in [5.41, 5.74) is 1.18. The van der Waals surface area contributed by atoms with Crippen molar-refractivity contribution in [2.75, 3.05) is 20.8 Å². The molecule has 0 saturated carbocycles. The van der Waals surface area contributed by atoms with Gasteiger partial charge in [0, 0.05) is 22.7 Å². The van der Waals surface area contributed by atoms with Crippen LogP contribution in [0.3, 0.4) is 0 Å². The van der Waals surface area contributed by atoms with Crippen LogP contribution in [0.4, 0.5) is 0 Å². The molecule has 0 aromatic heterocycles. The standard InChI is InChI=1S/C19H20ClNO5/c1-24-16-7-8-17(25-2)14(11-16)12-26-18(22)9-10-21-19(23)13-3-5-15(20)6-4-13/h3-8,11H,9-10,12H2,1-2H3,(H,21,23). The van der Waals surface area contributed by atoms with Gasteiger partial charge in [-0.15, -0.1) is 0 Å². The fraction of sp³-hybridized carbons (Fsp3) is 0.263. The van der Waals surface area contributed by atoms with Gasteiger partial charge in [0.2, 0.25) is 0 Å². The van der Waals surface area contributed by atoms with Crippen LogP contribution in [0.5, 0.6) is 11.5 Å². The summed E-state index contributed by atoms with van der Waals surface area (Å²) in [5, 5.41) is 3.21. The predicted molar refractivity (Wildman–Crippen MR) is 97.7 cm³/mol. The third-order valence-corrected chi connectivity index (χ3v) is 3.85. The van der Waals surface area contributed by atoms with Crippen molar-refractivity contribution in [3.8, 4) is 11.5 Å². The zero-order valence-electron chi connectivity index (χ0n) is 14.6. The molecule has 6 nitrogen and oxygen atoms in total. The van der Waals surface area contributed by atoms with Crippen LogP contribution in [0.1, 0.15) is 22.3 Å². The molecular weight excluding hydrogens is 358 g/mol. The van der Waals surface area contributed by atoms with Crippen LogP contribution < -0.4 is 14.8 Å². The Morgan fingerprint density at radius 3 is 2.42 bits per heavy atom. The fourth-order valence-electron chi connectivity index (χ4n) is 2.21. The monoisotopic (exact) mass is 377 g/mol. The summed E-state index contributed by atoms with van der Waals surface area (Å²) in [4.78, 5) is 23.8. The van der Waals surface area contributed by atoms with Crippen molar-refractivity contribution in [3.63, 3.8) is 0 Å². The summed E-state index contributed by atoms with van der Waals surface area (Å²) in [6.45, 7) is 0.236. The molecule has 0 aliphatic rings. The lowest BCUT2D eigenvalue weighted by Crippen LogP contribution is -2.26. The third-order valence-electron chi connectivity index (χ3n) is 3.60. The number of benzene rings is 2. The molecule has 0 fully saturated rings. The maximum absolute atomic E-state index is 11.9. The van der Waals surface area contributed by atoms with Crippen LogP contribution in [0, 0.1) is 0 Å². The molecule has 26 heavy (non-hydrogen) atoms. The Hall–Kier alpha value is -2.73. The number of hydrogen-bond acceptors (Lipinski definition) is 5. The van der Waals surface area contributed by atoms with Gasteiger partial charge in [-0.3, -0.25) is 9.59 Å². The van der Waals surface area contributed by atoms with Crippen molar-refractivity contribution in [1.29, 1.82) is 0 Å². The second-order valence-electron chi connectivity index (χ2n) is 5.35. The van der Waals surface area contributed by atoms with E-state index >= 15 is 0 Å². The van der Waals surface area contributed by atoms with Gasteiger partial charge in [-0.2, -0.15) is 0 Å². The number of rotatable bonds is 8. The quantitative estimate of drug-likeness (QED) is 0.715. The van der Waals surface area contributed by atoms with Crippen LogP contribution in [0.25, 0.3) is 0 Å². The molecule has 2 rings (SSSR count). The van der Waals surface area contributed by atoms with Crippen molar-refractivity contribution in [2.45, 2.75) is 13.0 Å². The Bertz CT molecular complexity index is 761. The summed E-state index contributed by atoms with van der Waals surface area (Å²) in [5.74, 6) is 0.553. The van der Waals surface area contributed by atoms with Crippen LogP contribution in [0.2, 0.25) is 5.02 Å². The first-order chi connectivity index (χ1) is 12.5. The lowest BCUT2D eigenvalue weighted by Gasteiger charge is -2.11. The van der Waals surface area contributed by atoms with Gasteiger partial charge < -0.3 is 19.5 Å². The first kappa shape index (κ1) is 19.6. The zero-order valence-corrected chi connectivity index (χ0v) is 15.3. The van der Waals surface area contributed by atoms with Gasteiger partial charge in [-0.1, -0.05) is 11.6 Å². The van der Waals surface area contributed by atoms with E-state index in [9.17, 15) is 9.59 Å². The minimum atomic E-state index is -0.425. The highest BCUT2D eigenvalue weighted by molar-refractivity contribution is 6.30. The van der Waals surface area contributed by atoms with Gasteiger partial charge in [-0.25, -0.2) is 0 Å². The summed E-state index contributed by atoms with van der Waals surface area (Å²) < 4.78 is 15.6. The number of esters is 1. The fourth-order valence-corrected chi connectivity index (χ4v) is 2.33. The highest BCUT2D eigenvalue weighted by atomic mass is 35.5. The molecule has 0 heterocycles. The average molecular weight is 378 g/mol. The maximum Gasteiger partial charge on any atom is 0.307 e. The first-order valence-electron chi connectivity index (χ1n) is 7.93. The Balaban J connectivity index is 1.79. The summed E-state index contributed by atoms with van der Waals surface area (Å²) in [6.07, 6.45) is 0.0611. The molecule has 2 aromatic rings. The molecule has 0 aliphatic heterocycles. The lowest BCUT2D eigenvalue weighted by molar-refractivity contribution is -0.144. The van der Waals surface area contributed by atoms with Crippen LogP contribution in [-0.2, 0) is 16.1 Å². The SMILES string of the molecule is COc1ccc(OC)c(COC(=O)CCNC(=O)c2ccc(Cl)cc2)c1. The van der Waals surface area contributed by atoms with Crippen molar-refractivity contribution in [3.05, 3.63) is 58.6 Å². The largest absolute Gasteiger partial charge is 0.497 e. The van der Waals surface area contributed by atoms with E-state index in [4.69, 9.17) is 25.8 Å². The molecule has 1 N–H and O–H groups in total. The van der Waals surface area contributed by atoms with E-state index in [1.807, 2.05) is 0 Å². The summed E-state index contributed by atoms with van der Waals surface area (Å²) in [6, 6.07) is 11.7. The summed E-state index contributed by atoms with van der Waals surface area (Å²) >= 11 is 5.78. The maximum atomic E-state index is 11.9. The van der Waals surface area contributed by atoms with Gasteiger partial charge in [-0.05, 0) is 42.5 Å². The third kappa shape index (κ3) is 5.67. The van der Waals surface area contributed by atoms with Gasteiger partial charge in [0.05, 0.1) is 20.6 Å². The molecule has 138 valence electrons. The molecule has 0 bridgehead atoms. The second kappa shape index (κ2) is 9.68. The van der Waals surface area contributed by atoms with Gasteiger partial charge in [0.25, 0.3) is 5.91 Å². The minimum absolute atomic E-state index is 0.0599. The number of nitrogens with one attached hydrogen (secondary N) is 1. The van der Waals surface area contributed by atoms with E-state index in [1.165, 1.54) is 0 Å². The number of hydrogen-bond donors (Lipinski definition) is 1. The van der Waals surface area contributed by atoms with Crippen molar-refractivity contribution >= 4 is 23.5 Å². The predicted octanol–water partition coefficient (Wildman–Crippen LogP) is 3.22. The smallest absolute Gasteiger partial charge is 0.307 e. The summed E-state index contributed by atoms with van der Waals surface area (Å²) in [7, 11) is 3.10. The minimum Gasteiger partial charge on any atom is -0.497 e. The Labute approximate surface area is 157 Å². The van der Waals surface area contributed by atoms with E-state index in [1.54, 1.807) is 56.7 Å². The van der Waals surface area contributed by atoms with E-state index in [2.05, 4.69) is 5.32 Å². The molecule has 0 aliphatic carbocycles. The molecule has 0 atom stereocenters. The number of halogens is 1. The van der Waals surface area contributed by atoms with E-state index < -0.39 is 5.97 Å². The van der Waals surface area contributed by atoms with E-state index in [0.29, 0.717) is 27.6 Å². The molecule has 7 heteroatoms. The Morgan fingerprint density at radius 1 is 1.04 bits per heavy atom. The molecule has 1 amide bonds. The second-order valence-corrected chi connectivity index (χ2v) is 5.79. The van der Waals surface area contributed by atoms with Crippen molar-refractivity contribution < 1.29 is 23.8 Å². The van der Waals surface area contributed by atoms with Gasteiger partial charge in [0.15, 0.2) is 0 Å². The van der Waals surface area contributed by atoms with Gasteiger partial charge in [0.1, 0.15) is 18.1 Å². The van der Waals surface area contributed by atoms with E-state index in [-0.39, 0.29) is 25.5 Å². The number of methoxy groups -OCH3 is 2. The highest BCUT2D eigenvalue weighted by Crippen LogP contribution is 2.24. The van der Waals surface area contributed by atoms with Crippen LogP contribution in [-0.4, -0.2) is 32.6 Å². The average Bonchev–Trinajstić information content (AvgIpc) is 2.66. The number of carbonyl (C=O) groups is 2. The van der Waals surface area contributed by atoms with Crippen LogP contribution in [0.15, 0.2) is 42.5 Å². The molecule has 0 spiro atoms. The lowest BCUT2D eigenvalue weighted by atomic mass is 10.2.